The van der Waals surface area contributed by atoms with E-state index < -0.39 is 0 Å². The molecule has 114 valence electrons. The lowest BCUT2D eigenvalue weighted by Gasteiger charge is -2.04. The third-order valence-corrected chi connectivity index (χ3v) is 4.05. The van der Waals surface area contributed by atoms with E-state index >= 15 is 0 Å². The Morgan fingerprint density at radius 1 is 1.09 bits per heavy atom. The number of imidazole rings is 1. The molecule has 0 saturated carbocycles. The maximum atomic E-state index is 12.3. The highest BCUT2D eigenvalue weighted by Gasteiger charge is 2.16. The molecule has 3 aromatic rings. The van der Waals surface area contributed by atoms with Gasteiger partial charge >= 0.3 is 5.69 Å². The molecule has 7 heteroatoms. The molecule has 0 bridgehead atoms. The molecule has 0 aliphatic carbocycles. The summed E-state index contributed by atoms with van der Waals surface area (Å²) in [7, 11) is 4.86. The van der Waals surface area contributed by atoms with E-state index in [-0.39, 0.29) is 11.2 Å². The highest BCUT2D eigenvalue weighted by molar-refractivity contribution is 6.30. The molecule has 0 spiro atoms. The number of halogens is 1. The number of benzene rings is 1. The van der Waals surface area contributed by atoms with Gasteiger partial charge in [0.05, 0.1) is 0 Å². The topological polar surface area (TPSA) is 61.8 Å². The largest absolute Gasteiger partial charge is 0.332 e. The molecule has 0 radical (unpaired) electrons. The Bertz CT molecular complexity index is 997. The Balaban J connectivity index is 2.23. The zero-order chi connectivity index (χ0) is 16.0. The van der Waals surface area contributed by atoms with Crippen molar-refractivity contribution >= 4 is 22.8 Å². The van der Waals surface area contributed by atoms with Crippen LogP contribution < -0.4 is 11.2 Å². The quantitative estimate of drug-likeness (QED) is 0.713. The third kappa shape index (κ3) is 2.16. The first kappa shape index (κ1) is 14.6. The van der Waals surface area contributed by atoms with Crippen LogP contribution in [0.1, 0.15) is 11.4 Å². The molecule has 22 heavy (non-hydrogen) atoms. The molecule has 2 heterocycles. The van der Waals surface area contributed by atoms with Crippen LogP contribution in [0.4, 0.5) is 0 Å². The summed E-state index contributed by atoms with van der Waals surface area (Å²) in [6, 6.07) is 7.48. The minimum Gasteiger partial charge on any atom is -0.325 e. The van der Waals surface area contributed by atoms with Crippen LogP contribution in [0.25, 0.3) is 11.2 Å². The van der Waals surface area contributed by atoms with Crippen LogP contribution in [0.5, 0.6) is 0 Å². The summed E-state index contributed by atoms with van der Waals surface area (Å²) in [5.74, 6) is 0.704. The van der Waals surface area contributed by atoms with Crippen LogP contribution in [-0.2, 0) is 27.6 Å². The average molecular weight is 319 g/mol. The SMILES string of the molecule is Cn1c(=O)c2c(nc(Cc3cccc(Cl)c3)n2C)n(C)c1=O. The van der Waals surface area contributed by atoms with E-state index in [9.17, 15) is 9.59 Å². The Labute approximate surface area is 131 Å². The van der Waals surface area contributed by atoms with Crippen LogP contribution in [-0.4, -0.2) is 18.7 Å². The van der Waals surface area contributed by atoms with Gasteiger partial charge in [0.25, 0.3) is 5.56 Å². The molecule has 0 aliphatic rings. The summed E-state index contributed by atoms with van der Waals surface area (Å²) < 4.78 is 4.21. The molecular weight excluding hydrogens is 304 g/mol. The number of rotatable bonds is 2. The lowest BCUT2D eigenvalue weighted by atomic mass is 10.1. The summed E-state index contributed by atoms with van der Waals surface area (Å²) >= 11 is 6.00. The van der Waals surface area contributed by atoms with Crippen molar-refractivity contribution in [3.8, 4) is 0 Å². The first-order valence-corrected chi connectivity index (χ1v) is 7.13. The van der Waals surface area contributed by atoms with Crippen LogP contribution in [0.3, 0.4) is 0 Å². The molecule has 0 aliphatic heterocycles. The van der Waals surface area contributed by atoms with Crippen LogP contribution in [0.15, 0.2) is 33.9 Å². The molecule has 6 nitrogen and oxygen atoms in total. The zero-order valence-electron chi connectivity index (χ0n) is 12.5. The van der Waals surface area contributed by atoms with Gasteiger partial charge in [-0.05, 0) is 17.7 Å². The Morgan fingerprint density at radius 3 is 2.50 bits per heavy atom. The molecule has 0 N–H and O–H groups in total. The van der Waals surface area contributed by atoms with E-state index in [4.69, 9.17) is 11.6 Å². The van der Waals surface area contributed by atoms with Gasteiger partial charge < -0.3 is 4.57 Å². The van der Waals surface area contributed by atoms with Gasteiger partial charge in [0.1, 0.15) is 5.82 Å². The summed E-state index contributed by atoms with van der Waals surface area (Å²) in [6.45, 7) is 0. The summed E-state index contributed by atoms with van der Waals surface area (Å²) in [5.41, 5.74) is 1.08. The van der Waals surface area contributed by atoms with Crippen molar-refractivity contribution in [2.24, 2.45) is 21.1 Å². The zero-order valence-corrected chi connectivity index (χ0v) is 13.3. The smallest absolute Gasteiger partial charge is 0.325 e. The van der Waals surface area contributed by atoms with Gasteiger partial charge in [0.15, 0.2) is 11.2 Å². The molecule has 2 aromatic heterocycles. The minimum absolute atomic E-state index is 0.342. The van der Waals surface area contributed by atoms with E-state index in [2.05, 4.69) is 4.98 Å². The Morgan fingerprint density at radius 2 is 1.82 bits per heavy atom. The van der Waals surface area contributed by atoms with Crippen LogP contribution in [0.2, 0.25) is 5.02 Å². The lowest BCUT2D eigenvalue weighted by molar-refractivity contribution is 0.705. The monoisotopic (exact) mass is 318 g/mol. The first-order valence-electron chi connectivity index (χ1n) is 6.76. The predicted octanol–water partition coefficient (Wildman–Crippen LogP) is 1.21. The Kier molecular flexibility index (Phi) is 3.41. The van der Waals surface area contributed by atoms with Crippen molar-refractivity contribution in [3.05, 3.63) is 61.5 Å². The molecule has 0 atom stereocenters. The lowest BCUT2D eigenvalue weighted by Crippen LogP contribution is -2.37. The number of aryl methyl sites for hydroxylation is 2. The van der Waals surface area contributed by atoms with E-state index in [1.54, 1.807) is 24.7 Å². The highest BCUT2D eigenvalue weighted by atomic mass is 35.5. The normalized spacial score (nSPS) is 11.3. The van der Waals surface area contributed by atoms with E-state index in [1.807, 2.05) is 18.2 Å². The first-order chi connectivity index (χ1) is 10.4. The maximum Gasteiger partial charge on any atom is 0.332 e. The molecular formula is C15H15ClN4O2. The van der Waals surface area contributed by atoms with Gasteiger partial charge in [-0.2, -0.15) is 0 Å². The van der Waals surface area contributed by atoms with Gasteiger partial charge in [-0.3, -0.25) is 13.9 Å². The molecule has 1 aromatic carbocycles. The third-order valence-electron chi connectivity index (χ3n) is 3.82. The Hall–Kier alpha value is -2.34. The van der Waals surface area contributed by atoms with Crippen molar-refractivity contribution < 1.29 is 0 Å². The van der Waals surface area contributed by atoms with Crippen LogP contribution >= 0.6 is 11.6 Å². The molecule has 0 saturated heterocycles. The van der Waals surface area contributed by atoms with Crippen molar-refractivity contribution in [2.45, 2.75) is 6.42 Å². The molecule has 0 fully saturated rings. The number of hydrogen-bond donors (Lipinski definition) is 0. The average Bonchev–Trinajstić information content (AvgIpc) is 2.80. The van der Waals surface area contributed by atoms with E-state index in [1.165, 1.54) is 11.6 Å². The van der Waals surface area contributed by atoms with Gasteiger partial charge in [-0.15, -0.1) is 0 Å². The number of hydrogen-bond acceptors (Lipinski definition) is 3. The fourth-order valence-electron chi connectivity index (χ4n) is 2.55. The van der Waals surface area contributed by atoms with E-state index in [0.717, 1.165) is 10.1 Å². The van der Waals surface area contributed by atoms with Crippen LogP contribution in [0, 0.1) is 0 Å². The van der Waals surface area contributed by atoms with Crippen molar-refractivity contribution in [2.75, 3.05) is 0 Å². The van der Waals surface area contributed by atoms with Crippen molar-refractivity contribution in [1.29, 1.82) is 0 Å². The summed E-state index contributed by atoms with van der Waals surface area (Å²) in [6.07, 6.45) is 0.531. The second kappa shape index (κ2) is 5.14. The molecule has 3 rings (SSSR count). The molecule has 0 unspecified atom stereocenters. The predicted molar refractivity (Wildman–Crippen MR) is 85.5 cm³/mol. The van der Waals surface area contributed by atoms with Gasteiger partial charge in [-0.25, -0.2) is 9.78 Å². The summed E-state index contributed by atoms with van der Waals surface area (Å²) in [4.78, 5) is 28.8. The molecule has 0 amide bonds. The fourth-order valence-corrected chi connectivity index (χ4v) is 2.76. The summed E-state index contributed by atoms with van der Waals surface area (Å²) in [5, 5.41) is 0.652. The fraction of sp³-hybridized carbons (Fsp3) is 0.267. The van der Waals surface area contributed by atoms with Crippen molar-refractivity contribution in [3.63, 3.8) is 0 Å². The van der Waals surface area contributed by atoms with Gasteiger partial charge in [-0.1, -0.05) is 23.7 Å². The highest BCUT2D eigenvalue weighted by Crippen LogP contribution is 2.16. The van der Waals surface area contributed by atoms with E-state index in [0.29, 0.717) is 28.4 Å². The standard InChI is InChI=1S/C15H15ClN4O2/c1-18-11(8-9-5-4-6-10(16)7-9)17-13-12(18)14(21)20(3)15(22)19(13)2/h4-7H,8H2,1-3H3. The van der Waals surface area contributed by atoms with Crippen molar-refractivity contribution in [1.82, 2.24) is 18.7 Å². The second-order valence-corrected chi connectivity index (χ2v) is 5.71. The maximum absolute atomic E-state index is 12.3. The number of fused-ring (bicyclic) bond motifs is 1. The second-order valence-electron chi connectivity index (χ2n) is 5.27. The van der Waals surface area contributed by atoms with Gasteiger partial charge in [0.2, 0.25) is 0 Å². The number of nitrogens with zero attached hydrogens (tertiary/aromatic N) is 4. The minimum atomic E-state index is -0.384. The number of aromatic nitrogens is 4. The van der Waals surface area contributed by atoms with Gasteiger partial charge in [0, 0.05) is 32.6 Å².